The number of aromatic nitrogens is 1. The van der Waals surface area contributed by atoms with E-state index in [9.17, 15) is 9.59 Å². The Balaban J connectivity index is 2.08. The topological polar surface area (TPSA) is 94.3 Å². The molecule has 0 radical (unpaired) electrons. The maximum absolute atomic E-state index is 12.3. The van der Waals surface area contributed by atoms with E-state index < -0.39 is 5.41 Å². The van der Waals surface area contributed by atoms with Gasteiger partial charge in [0, 0.05) is 32.1 Å². The van der Waals surface area contributed by atoms with Crippen molar-refractivity contribution in [1.82, 2.24) is 4.98 Å². The summed E-state index contributed by atoms with van der Waals surface area (Å²) in [6, 6.07) is 0. The number of rotatable bonds is 4. The van der Waals surface area contributed by atoms with Crippen molar-refractivity contribution in [3.63, 3.8) is 0 Å². The molecule has 2 heterocycles. The Kier molecular flexibility index (Phi) is 4.28. The number of carbonyl (C=O) groups is 2. The number of anilines is 1. The number of thiazole rings is 1. The lowest BCUT2D eigenvalue weighted by atomic mass is 9.79. The van der Waals surface area contributed by atoms with Gasteiger partial charge in [-0.2, -0.15) is 0 Å². The number of nitrogens with zero attached hydrogens (tertiary/aromatic N) is 1. The third-order valence-corrected chi connectivity index (χ3v) is 4.17. The Morgan fingerprint density at radius 1 is 1.53 bits per heavy atom. The first-order chi connectivity index (χ1) is 9.07. The van der Waals surface area contributed by atoms with Gasteiger partial charge in [0.2, 0.25) is 5.91 Å². The highest BCUT2D eigenvalue weighted by Gasteiger charge is 2.39. The summed E-state index contributed by atoms with van der Waals surface area (Å²) in [5.41, 5.74) is 5.55. The van der Waals surface area contributed by atoms with E-state index in [1.807, 2.05) is 0 Å². The summed E-state index contributed by atoms with van der Waals surface area (Å²) in [7, 11) is 0. The number of Topliss-reactive ketones (excluding diaryl/α,β-unsaturated/α-hetero) is 1. The Labute approximate surface area is 115 Å². The molecule has 0 atom stereocenters. The Bertz CT molecular complexity index is 480. The van der Waals surface area contributed by atoms with Crippen LogP contribution in [-0.4, -0.2) is 36.4 Å². The number of carbonyl (C=O) groups excluding carboxylic acids is 2. The van der Waals surface area contributed by atoms with Crippen LogP contribution in [0.1, 0.15) is 30.3 Å². The molecule has 1 fully saturated rings. The van der Waals surface area contributed by atoms with Gasteiger partial charge >= 0.3 is 0 Å². The van der Waals surface area contributed by atoms with E-state index in [4.69, 9.17) is 10.5 Å². The number of nitrogens with one attached hydrogen (secondary N) is 1. The van der Waals surface area contributed by atoms with Gasteiger partial charge in [0.1, 0.15) is 5.69 Å². The first-order valence-corrected chi connectivity index (χ1v) is 7.01. The average molecular weight is 283 g/mol. The summed E-state index contributed by atoms with van der Waals surface area (Å²) < 4.78 is 5.27. The van der Waals surface area contributed by atoms with Crippen LogP contribution < -0.4 is 11.1 Å². The molecule has 0 saturated carbocycles. The Morgan fingerprint density at radius 2 is 2.21 bits per heavy atom. The molecule has 1 amide bonds. The van der Waals surface area contributed by atoms with Crippen LogP contribution in [-0.2, 0) is 9.53 Å². The minimum absolute atomic E-state index is 0.114. The van der Waals surface area contributed by atoms with Crippen LogP contribution in [0.15, 0.2) is 5.38 Å². The molecule has 6 nitrogen and oxygen atoms in total. The summed E-state index contributed by atoms with van der Waals surface area (Å²) in [5, 5.41) is 4.83. The lowest BCUT2D eigenvalue weighted by Gasteiger charge is -2.34. The third kappa shape index (κ3) is 2.99. The minimum atomic E-state index is -0.583. The summed E-state index contributed by atoms with van der Waals surface area (Å²) in [5.74, 6) is -0.251. The summed E-state index contributed by atoms with van der Waals surface area (Å²) in [6.45, 7) is 2.82. The van der Waals surface area contributed by atoms with Crippen molar-refractivity contribution in [3.05, 3.63) is 11.1 Å². The Morgan fingerprint density at radius 3 is 2.74 bits per heavy atom. The van der Waals surface area contributed by atoms with Gasteiger partial charge in [-0.1, -0.05) is 0 Å². The maximum Gasteiger partial charge on any atom is 0.233 e. The minimum Gasteiger partial charge on any atom is -0.381 e. The van der Waals surface area contributed by atoms with E-state index in [0.717, 1.165) is 0 Å². The standard InChI is InChI=1S/C12H17N3O3S/c1-8(16)9-6-19-11(14-9)15-10(17)12(7-13)2-4-18-5-3-12/h6H,2-5,7,13H2,1H3,(H,14,15,17). The van der Waals surface area contributed by atoms with Gasteiger partial charge in [-0.05, 0) is 12.8 Å². The number of hydrogen-bond donors (Lipinski definition) is 2. The second-order valence-electron chi connectivity index (χ2n) is 4.65. The molecule has 1 aromatic rings. The smallest absolute Gasteiger partial charge is 0.233 e. The van der Waals surface area contributed by atoms with Crippen molar-refractivity contribution < 1.29 is 14.3 Å². The fourth-order valence-electron chi connectivity index (χ4n) is 2.01. The van der Waals surface area contributed by atoms with Gasteiger partial charge in [0.15, 0.2) is 10.9 Å². The van der Waals surface area contributed by atoms with Crippen molar-refractivity contribution in [2.45, 2.75) is 19.8 Å². The van der Waals surface area contributed by atoms with Crippen LogP contribution in [0.3, 0.4) is 0 Å². The molecular weight excluding hydrogens is 266 g/mol. The quantitative estimate of drug-likeness (QED) is 0.805. The Hall–Kier alpha value is -1.31. The highest BCUT2D eigenvalue weighted by Crippen LogP contribution is 2.31. The molecule has 1 aromatic heterocycles. The molecular formula is C12H17N3O3S. The van der Waals surface area contributed by atoms with Crippen LogP contribution in [0.25, 0.3) is 0 Å². The van der Waals surface area contributed by atoms with E-state index in [2.05, 4.69) is 10.3 Å². The van der Waals surface area contributed by atoms with Crippen molar-refractivity contribution in [2.75, 3.05) is 25.1 Å². The van der Waals surface area contributed by atoms with E-state index in [1.54, 1.807) is 5.38 Å². The SMILES string of the molecule is CC(=O)c1csc(NC(=O)C2(CN)CCOCC2)n1. The first kappa shape index (κ1) is 14.1. The molecule has 7 heteroatoms. The van der Waals surface area contributed by atoms with Crippen LogP contribution >= 0.6 is 11.3 Å². The van der Waals surface area contributed by atoms with E-state index in [-0.39, 0.29) is 18.2 Å². The molecule has 0 aromatic carbocycles. The summed E-state index contributed by atoms with van der Waals surface area (Å²) in [6.07, 6.45) is 1.22. The van der Waals surface area contributed by atoms with Crippen molar-refractivity contribution in [3.8, 4) is 0 Å². The second kappa shape index (κ2) is 5.77. The number of ether oxygens (including phenoxy) is 1. The average Bonchev–Trinajstić information content (AvgIpc) is 2.88. The normalized spacial score (nSPS) is 18.0. The fraction of sp³-hybridized carbons (Fsp3) is 0.583. The summed E-state index contributed by atoms with van der Waals surface area (Å²) >= 11 is 1.24. The van der Waals surface area contributed by atoms with E-state index in [1.165, 1.54) is 18.3 Å². The third-order valence-electron chi connectivity index (χ3n) is 3.41. The number of nitrogens with two attached hydrogens (primary N) is 1. The second-order valence-corrected chi connectivity index (χ2v) is 5.50. The molecule has 0 aliphatic carbocycles. The zero-order valence-corrected chi connectivity index (χ0v) is 11.6. The fourth-order valence-corrected chi connectivity index (χ4v) is 2.75. The molecule has 19 heavy (non-hydrogen) atoms. The highest BCUT2D eigenvalue weighted by molar-refractivity contribution is 7.14. The molecule has 0 unspecified atom stereocenters. The molecule has 0 spiro atoms. The molecule has 1 aliphatic heterocycles. The van der Waals surface area contributed by atoms with Crippen LogP contribution in [0, 0.1) is 5.41 Å². The number of ketones is 1. The molecule has 1 aliphatic rings. The molecule has 1 saturated heterocycles. The lowest BCUT2D eigenvalue weighted by molar-refractivity contribution is -0.130. The van der Waals surface area contributed by atoms with Crippen LogP contribution in [0.5, 0.6) is 0 Å². The van der Waals surface area contributed by atoms with Gasteiger partial charge in [0.05, 0.1) is 5.41 Å². The number of amides is 1. The van der Waals surface area contributed by atoms with Crippen molar-refractivity contribution >= 4 is 28.2 Å². The molecule has 0 bridgehead atoms. The molecule has 104 valence electrons. The van der Waals surface area contributed by atoms with Gasteiger partial charge in [-0.15, -0.1) is 11.3 Å². The van der Waals surface area contributed by atoms with Gasteiger partial charge < -0.3 is 15.8 Å². The van der Waals surface area contributed by atoms with Gasteiger partial charge in [-0.3, -0.25) is 9.59 Å². The lowest BCUT2D eigenvalue weighted by Crippen LogP contribution is -2.46. The monoisotopic (exact) mass is 283 g/mol. The van der Waals surface area contributed by atoms with Crippen molar-refractivity contribution in [2.24, 2.45) is 11.1 Å². The van der Waals surface area contributed by atoms with E-state index in [0.29, 0.717) is 36.9 Å². The zero-order valence-electron chi connectivity index (χ0n) is 10.8. The predicted octanol–water partition coefficient (Wildman–Crippen LogP) is 1.04. The predicted molar refractivity (Wildman–Crippen MR) is 72.3 cm³/mol. The van der Waals surface area contributed by atoms with Crippen LogP contribution in [0.2, 0.25) is 0 Å². The van der Waals surface area contributed by atoms with Crippen molar-refractivity contribution in [1.29, 1.82) is 0 Å². The number of hydrogen-bond acceptors (Lipinski definition) is 6. The van der Waals surface area contributed by atoms with E-state index >= 15 is 0 Å². The molecule has 3 N–H and O–H groups in total. The zero-order chi connectivity index (χ0) is 13.9. The van der Waals surface area contributed by atoms with Gasteiger partial charge in [-0.25, -0.2) is 4.98 Å². The van der Waals surface area contributed by atoms with Crippen LogP contribution in [0.4, 0.5) is 5.13 Å². The molecule has 2 rings (SSSR count). The summed E-state index contributed by atoms with van der Waals surface area (Å²) in [4.78, 5) is 27.6. The largest absolute Gasteiger partial charge is 0.381 e. The maximum atomic E-state index is 12.3. The first-order valence-electron chi connectivity index (χ1n) is 6.13. The highest BCUT2D eigenvalue weighted by atomic mass is 32.1. The van der Waals surface area contributed by atoms with Gasteiger partial charge in [0.25, 0.3) is 0 Å².